The zero-order valence-electron chi connectivity index (χ0n) is 9.19. The van der Waals surface area contributed by atoms with Gasteiger partial charge in [-0.25, -0.2) is 0 Å². The second kappa shape index (κ2) is 5.59. The number of ether oxygens (including phenoxy) is 1. The van der Waals surface area contributed by atoms with Crippen molar-refractivity contribution in [2.75, 3.05) is 6.61 Å². The minimum Gasteiger partial charge on any atom is -0.466 e. The molecule has 15 heavy (non-hydrogen) atoms. The Morgan fingerprint density at radius 2 is 1.93 bits per heavy atom. The van der Waals surface area contributed by atoms with Crippen LogP contribution in [0.4, 0.5) is 0 Å². The van der Waals surface area contributed by atoms with E-state index in [0.29, 0.717) is 12.1 Å². The Labute approximate surface area is 92.0 Å². The van der Waals surface area contributed by atoms with Gasteiger partial charge in [-0.05, 0) is 18.9 Å². The molecule has 1 atom stereocenters. The molecule has 3 heteroatoms. The SMILES string of the molecule is [B]c1ccc(C(CC)C(=O)OCC)cc1. The predicted octanol–water partition coefficient (Wildman–Crippen LogP) is 1.54. The molecule has 0 aromatic heterocycles. The van der Waals surface area contributed by atoms with Gasteiger partial charge in [-0.2, -0.15) is 0 Å². The van der Waals surface area contributed by atoms with E-state index in [4.69, 9.17) is 12.6 Å². The van der Waals surface area contributed by atoms with Gasteiger partial charge in [0.25, 0.3) is 0 Å². The van der Waals surface area contributed by atoms with E-state index in [-0.39, 0.29) is 11.9 Å². The molecule has 1 aromatic carbocycles. The summed E-state index contributed by atoms with van der Waals surface area (Å²) >= 11 is 0. The molecular formula is C12H15BO2. The van der Waals surface area contributed by atoms with Crippen molar-refractivity contribution >= 4 is 19.3 Å². The van der Waals surface area contributed by atoms with Crippen molar-refractivity contribution in [2.24, 2.45) is 0 Å². The molecule has 0 heterocycles. The average molecular weight is 202 g/mol. The van der Waals surface area contributed by atoms with E-state index in [1.54, 1.807) is 12.1 Å². The van der Waals surface area contributed by atoms with Crippen molar-refractivity contribution in [1.29, 1.82) is 0 Å². The molecule has 0 fully saturated rings. The topological polar surface area (TPSA) is 26.3 Å². The second-order valence-electron chi connectivity index (χ2n) is 3.38. The smallest absolute Gasteiger partial charge is 0.313 e. The third-order valence-electron chi connectivity index (χ3n) is 2.32. The van der Waals surface area contributed by atoms with Gasteiger partial charge in [0.05, 0.1) is 12.5 Å². The monoisotopic (exact) mass is 202 g/mol. The van der Waals surface area contributed by atoms with Crippen molar-refractivity contribution in [2.45, 2.75) is 26.2 Å². The van der Waals surface area contributed by atoms with Gasteiger partial charge in [-0.3, -0.25) is 4.79 Å². The summed E-state index contributed by atoms with van der Waals surface area (Å²) in [5, 5.41) is 0. The van der Waals surface area contributed by atoms with E-state index < -0.39 is 0 Å². The van der Waals surface area contributed by atoms with Crippen LogP contribution in [0, 0.1) is 0 Å². The van der Waals surface area contributed by atoms with Crippen LogP contribution in [0.3, 0.4) is 0 Å². The normalized spacial score (nSPS) is 12.1. The minimum atomic E-state index is -0.175. The van der Waals surface area contributed by atoms with Gasteiger partial charge in [-0.15, -0.1) is 0 Å². The number of hydrogen-bond acceptors (Lipinski definition) is 2. The molecule has 0 spiro atoms. The summed E-state index contributed by atoms with van der Waals surface area (Å²) in [5.41, 5.74) is 1.67. The van der Waals surface area contributed by atoms with Crippen LogP contribution in [0.1, 0.15) is 31.7 Å². The van der Waals surface area contributed by atoms with Crippen molar-refractivity contribution in [3.05, 3.63) is 29.8 Å². The first-order valence-corrected chi connectivity index (χ1v) is 5.21. The molecule has 0 saturated carbocycles. The molecule has 2 radical (unpaired) electrons. The highest BCUT2D eigenvalue weighted by molar-refractivity contribution is 6.32. The van der Waals surface area contributed by atoms with Crippen LogP contribution in [0.5, 0.6) is 0 Å². The van der Waals surface area contributed by atoms with Gasteiger partial charge in [0, 0.05) is 0 Å². The van der Waals surface area contributed by atoms with Gasteiger partial charge in [0.1, 0.15) is 7.85 Å². The van der Waals surface area contributed by atoms with Crippen LogP contribution in [0.25, 0.3) is 0 Å². The van der Waals surface area contributed by atoms with Crippen molar-refractivity contribution < 1.29 is 9.53 Å². The first-order valence-electron chi connectivity index (χ1n) is 5.21. The maximum Gasteiger partial charge on any atom is 0.313 e. The molecule has 0 aliphatic carbocycles. The van der Waals surface area contributed by atoms with E-state index in [1.165, 1.54) is 0 Å². The van der Waals surface area contributed by atoms with E-state index in [1.807, 2.05) is 26.0 Å². The third-order valence-corrected chi connectivity index (χ3v) is 2.32. The highest BCUT2D eigenvalue weighted by Crippen LogP contribution is 2.20. The highest BCUT2D eigenvalue weighted by atomic mass is 16.5. The molecule has 1 unspecified atom stereocenters. The lowest BCUT2D eigenvalue weighted by Crippen LogP contribution is -2.16. The Hall–Kier alpha value is -1.25. The Kier molecular flexibility index (Phi) is 4.41. The molecule has 1 rings (SSSR count). The lowest BCUT2D eigenvalue weighted by Gasteiger charge is -2.13. The summed E-state index contributed by atoms with van der Waals surface area (Å²) < 4.78 is 5.01. The average Bonchev–Trinajstić information content (AvgIpc) is 2.22. The number of hydrogen-bond donors (Lipinski definition) is 0. The fraction of sp³-hybridized carbons (Fsp3) is 0.417. The molecule has 0 aliphatic heterocycles. The molecule has 78 valence electrons. The van der Waals surface area contributed by atoms with Gasteiger partial charge < -0.3 is 4.74 Å². The Balaban J connectivity index is 2.82. The van der Waals surface area contributed by atoms with Crippen LogP contribution in [-0.2, 0) is 9.53 Å². The number of rotatable bonds is 4. The summed E-state index contributed by atoms with van der Waals surface area (Å²) in [6.45, 7) is 4.20. The summed E-state index contributed by atoms with van der Waals surface area (Å²) in [7, 11) is 5.59. The fourth-order valence-electron chi connectivity index (χ4n) is 1.51. The quantitative estimate of drug-likeness (QED) is 0.546. The predicted molar refractivity (Wildman–Crippen MR) is 61.5 cm³/mol. The van der Waals surface area contributed by atoms with Crippen LogP contribution in [0.2, 0.25) is 0 Å². The molecule has 0 amide bonds. The first-order chi connectivity index (χ1) is 7.19. The third kappa shape index (κ3) is 3.12. The van der Waals surface area contributed by atoms with Crippen LogP contribution >= 0.6 is 0 Å². The number of esters is 1. The van der Waals surface area contributed by atoms with Crippen molar-refractivity contribution in [3.8, 4) is 0 Å². The van der Waals surface area contributed by atoms with Crippen LogP contribution in [-0.4, -0.2) is 20.4 Å². The Morgan fingerprint density at radius 1 is 1.33 bits per heavy atom. The van der Waals surface area contributed by atoms with E-state index >= 15 is 0 Å². The standard InChI is InChI=1S/C12H15BO2/c1-3-11(12(14)15-4-2)9-5-7-10(13)8-6-9/h5-8,11H,3-4H2,1-2H3. The van der Waals surface area contributed by atoms with Crippen molar-refractivity contribution in [1.82, 2.24) is 0 Å². The second-order valence-corrected chi connectivity index (χ2v) is 3.38. The lowest BCUT2D eigenvalue weighted by molar-refractivity contribution is -0.145. The number of carbonyl (C=O) groups excluding carboxylic acids is 1. The largest absolute Gasteiger partial charge is 0.466 e. The number of benzene rings is 1. The first kappa shape index (κ1) is 11.8. The molecule has 2 nitrogen and oxygen atoms in total. The number of carbonyl (C=O) groups is 1. The Bertz CT molecular complexity index is 319. The van der Waals surface area contributed by atoms with Gasteiger partial charge >= 0.3 is 5.97 Å². The Morgan fingerprint density at radius 3 is 2.40 bits per heavy atom. The van der Waals surface area contributed by atoms with E-state index in [9.17, 15) is 4.79 Å². The summed E-state index contributed by atoms with van der Waals surface area (Å²) in [5.74, 6) is -0.338. The van der Waals surface area contributed by atoms with E-state index in [2.05, 4.69) is 0 Å². The molecule has 0 N–H and O–H groups in total. The molecule has 0 aliphatic rings. The lowest BCUT2D eigenvalue weighted by atomic mass is 9.90. The maximum atomic E-state index is 11.6. The fourth-order valence-corrected chi connectivity index (χ4v) is 1.51. The summed E-state index contributed by atoms with van der Waals surface area (Å²) in [6.07, 6.45) is 0.739. The molecule has 0 saturated heterocycles. The zero-order valence-corrected chi connectivity index (χ0v) is 9.19. The van der Waals surface area contributed by atoms with Crippen LogP contribution < -0.4 is 5.46 Å². The van der Waals surface area contributed by atoms with E-state index in [0.717, 1.165) is 12.0 Å². The highest BCUT2D eigenvalue weighted by Gasteiger charge is 2.19. The molecule has 1 aromatic rings. The minimum absolute atomic E-state index is 0.162. The molecular weight excluding hydrogens is 187 g/mol. The van der Waals surface area contributed by atoms with Gasteiger partial charge in [0.15, 0.2) is 0 Å². The zero-order chi connectivity index (χ0) is 11.3. The molecule has 0 bridgehead atoms. The van der Waals surface area contributed by atoms with Crippen molar-refractivity contribution in [3.63, 3.8) is 0 Å². The van der Waals surface area contributed by atoms with Gasteiger partial charge in [0.2, 0.25) is 0 Å². The van der Waals surface area contributed by atoms with Gasteiger partial charge in [-0.1, -0.05) is 36.7 Å². The summed E-state index contributed by atoms with van der Waals surface area (Å²) in [4.78, 5) is 11.6. The summed E-state index contributed by atoms with van der Waals surface area (Å²) in [6, 6.07) is 7.36. The van der Waals surface area contributed by atoms with Crippen LogP contribution in [0.15, 0.2) is 24.3 Å². The maximum absolute atomic E-state index is 11.6.